The maximum atomic E-state index is 9.76. The van der Waals surface area contributed by atoms with E-state index in [0.717, 1.165) is 24.9 Å². The molecule has 3 rings (SSSR count). The fourth-order valence-electron chi connectivity index (χ4n) is 4.72. The molecule has 2 aliphatic carbocycles. The van der Waals surface area contributed by atoms with Gasteiger partial charge < -0.3 is 15.3 Å². The van der Waals surface area contributed by atoms with E-state index in [4.69, 9.17) is 0 Å². The summed E-state index contributed by atoms with van der Waals surface area (Å²) < 4.78 is 0. The molecule has 4 nitrogen and oxygen atoms in total. The van der Waals surface area contributed by atoms with Gasteiger partial charge in [-0.15, -0.1) is 0 Å². The lowest BCUT2D eigenvalue weighted by Gasteiger charge is -2.49. The molecule has 0 heterocycles. The zero-order valence-corrected chi connectivity index (χ0v) is 16.2. The molecule has 4 heteroatoms. The number of carbonyl (C=O) groups is 1. The number of hydrogen-bond acceptors (Lipinski definition) is 3. The van der Waals surface area contributed by atoms with Crippen LogP contribution in [0.4, 0.5) is 0 Å². The van der Waals surface area contributed by atoms with E-state index in [-0.39, 0.29) is 0 Å². The third kappa shape index (κ3) is 4.75. The number of phenols is 1. The van der Waals surface area contributed by atoms with E-state index in [1.165, 1.54) is 43.2 Å². The lowest BCUT2D eigenvalue weighted by atomic mass is 9.55. The van der Waals surface area contributed by atoms with Gasteiger partial charge in [0.1, 0.15) is 5.75 Å². The summed E-state index contributed by atoms with van der Waals surface area (Å²) in [5.74, 6) is 2.08. The SMILES string of the molecule is CC1CCCC2(C)c3cc(O)ccc3CCC12.CN(C)CCNC=O. The Labute approximate surface area is 152 Å². The van der Waals surface area contributed by atoms with Gasteiger partial charge in [-0.1, -0.05) is 32.8 Å². The van der Waals surface area contributed by atoms with Gasteiger partial charge in [0.2, 0.25) is 6.41 Å². The number of hydrogen-bond donors (Lipinski definition) is 2. The van der Waals surface area contributed by atoms with E-state index in [1.807, 2.05) is 31.1 Å². The van der Waals surface area contributed by atoms with Gasteiger partial charge in [-0.05, 0) is 73.9 Å². The average Bonchev–Trinajstić information content (AvgIpc) is 2.56. The van der Waals surface area contributed by atoms with Gasteiger partial charge >= 0.3 is 0 Å². The molecular formula is C21H34N2O2. The second-order valence-corrected chi connectivity index (χ2v) is 8.15. The van der Waals surface area contributed by atoms with Crippen LogP contribution in [0.2, 0.25) is 0 Å². The zero-order chi connectivity index (χ0) is 18.4. The molecular weight excluding hydrogens is 312 g/mol. The topological polar surface area (TPSA) is 52.6 Å². The summed E-state index contributed by atoms with van der Waals surface area (Å²) in [7, 11) is 3.93. The van der Waals surface area contributed by atoms with Crippen molar-refractivity contribution in [2.75, 3.05) is 27.2 Å². The molecule has 1 amide bonds. The first-order valence-corrected chi connectivity index (χ1v) is 9.52. The van der Waals surface area contributed by atoms with E-state index in [9.17, 15) is 9.90 Å². The van der Waals surface area contributed by atoms with Crippen molar-refractivity contribution in [2.24, 2.45) is 11.8 Å². The molecule has 0 saturated heterocycles. The fourth-order valence-corrected chi connectivity index (χ4v) is 4.72. The highest BCUT2D eigenvalue weighted by Crippen LogP contribution is 2.52. The highest BCUT2D eigenvalue weighted by molar-refractivity contribution is 5.45. The highest BCUT2D eigenvalue weighted by Gasteiger charge is 2.44. The van der Waals surface area contributed by atoms with E-state index >= 15 is 0 Å². The number of nitrogens with one attached hydrogen (secondary N) is 1. The van der Waals surface area contributed by atoms with Crippen molar-refractivity contribution in [3.63, 3.8) is 0 Å². The van der Waals surface area contributed by atoms with Gasteiger partial charge in [-0.2, -0.15) is 0 Å². The first-order chi connectivity index (χ1) is 11.9. The largest absolute Gasteiger partial charge is 0.508 e. The summed E-state index contributed by atoms with van der Waals surface area (Å²) in [6, 6.07) is 6.00. The minimum atomic E-state index is 0.310. The van der Waals surface area contributed by atoms with Gasteiger partial charge in [-0.3, -0.25) is 4.79 Å². The van der Waals surface area contributed by atoms with Crippen molar-refractivity contribution in [1.82, 2.24) is 10.2 Å². The number of fused-ring (bicyclic) bond motifs is 3. The Hall–Kier alpha value is -1.55. The molecule has 1 saturated carbocycles. The third-order valence-corrected chi connectivity index (χ3v) is 6.08. The van der Waals surface area contributed by atoms with Crippen LogP contribution in [0, 0.1) is 11.8 Å². The number of nitrogens with zero attached hydrogens (tertiary/aromatic N) is 1. The number of rotatable bonds is 4. The van der Waals surface area contributed by atoms with Gasteiger partial charge in [-0.25, -0.2) is 0 Å². The molecule has 140 valence electrons. The Morgan fingerprint density at radius 3 is 2.80 bits per heavy atom. The van der Waals surface area contributed by atoms with Crippen LogP contribution < -0.4 is 5.32 Å². The zero-order valence-electron chi connectivity index (χ0n) is 16.2. The molecule has 1 fully saturated rings. The van der Waals surface area contributed by atoms with Crippen molar-refractivity contribution in [3.8, 4) is 5.75 Å². The highest BCUT2D eigenvalue weighted by atomic mass is 16.3. The number of amides is 1. The van der Waals surface area contributed by atoms with Crippen LogP contribution in [0.15, 0.2) is 18.2 Å². The van der Waals surface area contributed by atoms with Crippen molar-refractivity contribution < 1.29 is 9.90 Å². The fraction of sp³-hybridized carbons (Fsp3) is 0.667. The second kappa shape index (κ2) is 8.70. The van der Waals surface area contributed by atoms with Gasteiger partial charge in [0, 0.05) is 13.1 Å². The molecule has 3 unspecified atom stereocenters. The first-order valence-electron chi connectivity index (χ1n) is 9.52. The quantitative estimate of drug-likeness (QED) is 0.649. The third-order valence-electron chi connectivity index (χ3n) is 6.08. The molecule has 0 radical (unpaired) electrons. The molecule has 0 aliphatic heterocycles. The number of likely N-dealkylation sites (N-methyl/N-ethyl adjacent to an activating group) is 1. The molecule has 25 heavy (non-hydrogen) atoms. The summed E-state index contributed by atoms with van der Waals surface area (Å²) in [6.07, 6.45) is 7.25. The first kappa shape index (κ1) is 19.8. The average molecular weight is 347 g/mol. The number of benzene rings is 1. The molecule has 0 bridgehead atoms. The number of carbonyl (C=O) groups excluding carboxylic acids is 1. The number of aryl methyl sites for hydroxylation is 1. The Morgan fingerprint density at radius 2 is 2.12 bits per heavy atom. The molecule has 2 aliphatic rings. The molecule has 2 N–H and O–H groups in total. The van der Waals surface area contributed by atoms with Crippen LogP contribution in [-0.4, -0.2) is 43.6 Å². The maximum absolute atomic E-state index is 9.76. The smallest absolute Gasteiger partial charge is 0.207 e. The number of phenolic OH excluding ortho intramolecular Hbond substituents is 1. The van der Waals surface area contributed by atoms with E-state index in [2.05, 4.69) is 25.2 Å². The van der Waals surface area contributed by atoms with Crippen LogP contribution in [0.1, 0.15) is 50.7 Å². The van der Waals surface area contributed by atoms with Crippen molar-refractivity contribution >= 4 is 6.41 Å². The minimum Gasteiger partial charge on any atom is -0.508 e. The van der Waals surface area contributed by atoms with E-state index < -0.39 is 0 Å². The van der Waals surface area contributed by atoms with Crippen molar-refractivity contribution in [3.05, 3.63) is 29.3 Å². The Morgan fingerprint density at radius 1 is 1.36 bits per heavy atom. The molecule has 0 spiro atoms. The van der Waals surface area contributed by atoms with Gasteiger partial charge in [0.05, 0.1) is 0 Å². The molecule has 1 aromatic rings. The van der Waals surface area contributed by atoms with E-state index in [1.54, 1.807) is 0 Å². The second-order valence-electron chi connectivity index (χ2n) is 8.15. The van der Waals surface area contributed by atoms with Gasteiger partial charge in [0.15, 0.2) is 0 Å². The molecule has 0 aromatic heterocycles. The summed E-state index contributed by atoms with van der Waals surface area (Å²) in [6.45, 7) is 6.47. The molecule has 1 aromatic carbocycles. The van der Waals surface area contributed by atoms with Crippen molar-refractivity contribution in [1.29, 1.82) is 0 Å². The standard InChI is InChI=1S/C16H22O.C5H12N2O/c1-11-4-3-9-16(2)14(11)8-6-12-5-7-13(17)10-15(12)16;1-7(2)4-3-6-5-8/h5,7,10-11,14,17H,3-4,6,8-9H2,1-2H3;5H,3-4H2,1-2H3,(H,6,8). The van der Waals surface area contributed by atoms with Crippen LogP contribution in [0.25, 0.3) is 0 Å². The normalized spacial score (nSPS) is 27.6. The summed E-state index contributed by atoms with van der Waals surface area (Å²) in [5, 5.41) is 12.3. The lowest BCUT2D eigenvalue weighted by Crippen LogP contribution is -2.43. The maximum Gasteiger partial charge on any atom is 0.207 e. The van der Waals surface area contributed by atoms with Gasteiger partial charge in [0.25, 0.3) is 0 Å². The monoisotopic (exact) mass is 346 g/mol. The minimum absolute atomic E-state index is 0.310. The Kier molecular flexibility index (Phi) is 6.88. The predicted octanol–water partition coefficient (Wildman–Crippen LogP) is 3.33. The number of aromatic hydroxyl groups is 1. The summed E-state index contributed by atoms with van der Waals surface area (Å²) in [4.78, 5) is 11.7. The summed E-state index contributed by atoms with van der Waals surface area (Å²) in [5.41, 5.74) is 3.21. The molecule has 3 atom stereocenters. The lowest BCUT2D eigenvalue weighted by molar-refractivity contribution is -0.109. The van der Waals surface area contributed by atoms with Crippen LogP contribution in [-0.2, 0) is 16.6 Å². The summed E-state index contributed by atoms with van der Waals surface area (Å²) >= 11 is 0. The Bertz CT molecular complexity index is 573. The van der Waals surface area contributed by atoms with Crippen LogP contribution in [0.3, 0.4) is 0 Å². The predicted molar refractivity (Wildman–Crippen MR) is 103 cm³/mol. The van der Waals surface area contributed by atoms with Crippen LogP contribution >= 0.6 is 0 Å². The van der Waals surface area contributed by atoms with E-state index in [0.29, 0.717) is 17.6 Å². The van der Waals surface area contributed by atoms with Crippen LogP contribution in [0.5, 0.6) is 5.75 Å². The van der Waals surface area contributed by atoms with Crippen molar-refractivity contribution in [2.45, 2.75) is 51.4 Å². The Balaban J connectivity index is 0.000000242.